The molecule has 1 N–H and O–H groups in total. The van der Waals surface area contributed by atoms with E-state index >= 15 is 0 Å². The zero-order valence-electron chi connectivity index (χ0n) is 9.24. The predicted octanol–water partition coefficient (Wildman–Crippen LogP) is 3.54. The highest BCUT2D eigenvalue weighted by atomic mass is 35.5. The normalized spacial score (nSPS) is 10.8. The third kappa shape index (κ3) is 3.71. The number of halogens is 4. The fraction of sp³-hybridized carbons (Fsp3) is 0.200. The first-order chi connectivity index (χ1) is 9.06. The van der Waals surface area contributed by atoms with E-state index in [0.29, 0.717) is 10.0 Å². The van der Waals surface area contributed by atoms with E-state index in [2.05, 4.69) is 19.6 Å². The molecule has 0 spiro atoms. The topological polar surface area (TPSA) is 47.0 Å². The van der Waals surface area contributed by atoms with Crippen molar-refractivity contribution in [2.24, 2.45) is 0 Å². The number of rotatable bonds is 5. The largest absolute Gasteiger partial charge is 0.433 e. The summed E-state index contributed by atoms with van der Waals surface area (Å²) in [5.41, 5.74) is 0.685. The summed E-state index contributed by atoms with van der Waals surface area (Å²) in [6.07, 6.45) is 0. The number of hydrogen-bond acceptors (Lipinski definition) is 5. The van der Waals surface area contributed by atoms with E-state index in [1.54, 1.807) is 0 Å². The number of hydrogen-bond donors (Lipinski definition) is 1. The molecule has 1 aromatic heterocycles. The summed E-state index contributed by atoms with van der Waals surface area (Å²) in [6, 6.07) is 3.29. The molecule has 0 fully saturated rings. The van der Waals surface area contributed by atoms with Crippen LogP contribution in [0.25, 0.3) is 0 Å². The van der Waals surface area contributed by atoms with E-state index < -0.39 is 12.4 Å². The quantitative estimate of drug-likeness (QED) is 0.917. The Balaban J connectivity index is 2.13. The smallest absolute Gasteiger partial charge is 0.387 e. The lowest BCUT2D eigenvalue weighted by molar-refractivity contribution is -0.0495. The average molecular weight is 310 g/mol. The minimum Gasteiger partial charge on any atom is -0.433 e. The van der Waals surface area contributed by atoms with Crippen molar-refractivity contribution in [2.75, 3.05) is 5.32 Å². The third-order valence-corrected chi connectivity index (χ3v) is 3.10. The minimum atomic E-state index is -3.04. The number of nitrogens with one attached hydrogen (secondary N) is 1. The highest BCUT2D eigenvalue weighted by Crippen LogP contribution is 2.28. The molecule has 0 aliphatic heterocycles. The summed E-state index contributed by atoms with van der Waals surface area (Å²) in [7, 11) is 0. The summed E-state index contributed by atoms with van der Waals surface area (Å²) >= 11 is 6.81. The molecule has 0 bridgehead atoms. The van der Waals surface area contributed by atoms with Gasteiger partial charge in [-0.1, -0.05) is 16.1 Å². The third-order valence-electron chi connectivity index (χ3n) is 2.12. The van der Waals surface area contributed by atoms with E-state index in [1.807, 2.05) is 0 Å². The molecular formula is C10H7ClF3N3OS. The Morgan fingerprint density at radius 1 is 1.42 bits per heavy atom. The molecule has 0 aliphatic carbocycles. The molecule has 1 heterocycles. The maximum Gasteiger partial charge on any atom is 0.387 e. The Bertz CT molecular complexity index is 567. The Labute approximate surface area is 115 Å². The van der Waals surface area contributed by atoms with Crippen molar-refractivity contribution in [3.8, 4) is 5.75 Å². The predicted molar refractivity (Wildman–Crippen MR) is 65.3 cm³/mol. The number of nitrogens with zero attached hydrogens (tertiary/aromatic N) is 2. The molecule has 0 amide bonds. The van der Waals surface area contributed by atoms with Crippen molar-refractivity contribution in [1.82, 2.24) is 9.59 Å². The van der Waals surface area contributed by atoms with E-state index in [-0.39, 0.29) is 18.0 Å². The summed E-state index contributed by atoms with van der Waals surface area (Å²) in [5, 5.41) is 6.53. The lowest BCUT2D eigenvalue weighted by atomic mass is 10.2. The highest BCUT2D eigenvalue weighted by molar-refractivity contribution is 7.10. The van der Waals surface area contributed by atoms with E-state index in [9.17, 15) is 13.2 Å². The minimum absolute atomic E-state index is 0.167. The second-order valence-electron chi connectivity index (χ2n) is 3.37. The zero-order valence-corrected chi connectivity index (χ0v) is 10.8. The van der Waals surface area contributed by atoms with Crippen molar-refractivity contribution < 1.29 is 17.9 Å². The molecule has 19 heavy (non-hydrogen) atoms. The Morgan fingerprint density at radius 3 is 2.84 bits per heavy atom. The van der Waals surface area contributed by atoms with Gasteiger partial charge in [-0.25, -0.2) is 4.39 Å². The van der Waals surface area contributed by atoms with Crippen LogP contribution in [0.3, 0.4) is 0 Å². The summed E-state index contributed by atoms with van der Waals surface area (Å²) < 4.78 is 45.6. The first kappa shape index (κ1) is 13.9. The van der Waals surface area contributed by atoms with Crippen LogP contribution in [0.2, 0.25) is 4.34 Å². The molecule has 1 aromatic carbocycles. The van der Waals surface area contributed by atoms with Gasteiger partial charge >= 0.3 is 6.61 Å². The van der Waals surface area contributed by atoms with Crippen molar-refractivity contribution in [3.05, 3.63) is 34.0 Å². The molecule has 102 valence electrons. The van der Waals surface area contributed by atoms with Gasteiger partial charge in [0.15, 0.2) is 5.75 Å². The van der Waals surface area contributed by atoms with Crippen LogP contribution in [0.15, 0.2) is 18.2 Å². The molecule has 0 radical (unpaired) electrons. The molecule has 2 rings (SSSR count). The molecule has 0 saturated heterocycles. The number of aromatic nitrogens is 2. The Morgan fingerprint density at radius 2 is 2.21 bits per heavy atom. The van der Waals surface area contributed by atoms with Crippen LogP contribution in [0, 0.1) is 5.82 Å². The first-order valence-corrected chi connectivity index (χ1v) is 6.16. The van der Waals surface area contributed by atoms with Gasteiger partial charge in [0.2, 0.25) is 0 Å². The fourth-order valence-corrected chi connectivity index (χ4v) is 1.94. The van der Waals surface area contributed by atoms with Crippen LogP contribution in [0.5, 0.6) is 5.75 Å². The monoisotopic (exact) mass is 309 g/mol. The molecule has 2 aromatic rings. The van der Waals surface area contributed by atoms with Crippen LogP contribution in [0.4, 0.5) is 18.9 Å². The van der Waals surface area contributed by atoms with Crippen LogP contribution in [-0.2, 0) is 6.54 Å². The van der Waals surface area contributed by atoms with Gasteiger partial charge in [0.05, 0.1) is 12.2 Å². The van der Waals surface area contributed by atoms with E-state index in [1.165, 1.54) is 6.07 Å². The van der Waals surface area contributed by atoms with Gasteiger partial charge < -0.3 is 10.1 Å². The SMILES string of the molecule is Fc1ccc(NCc2nnsc2Cl)c(OC(F)F)c1. The van der Waals surface area contributed by atoms with Crippen LogP contribution < -0.4 is 10.1 Å². The molecule has 0 unspecified atom stereocenters. The van der Waals surface area contributed by atoms with E-state index in [0.717, 1.165) is 23.7 Å². The summed E-state index contributed by atoms with van der Waals surface area (Å²) in [5.74, 6) is -0.955. The zero-order chi connectivity index (χ0) is 13.8. The summed E-state index contributed by atoms with van der Waals surface area (Å²) in [6.45, 7) is -2.87. The van der Waals surface area contributed by atoms with Crippen LogP contribution in [-0.4, -0.2) is 16.2 Å². The highest BCUT2D eigenvalue weighted by Gasteiger charge is 2.12. The molecule has 0 atom stereocenters. The molecule has 4 nitrogen and oxygen atoms in total. The van der Waals surface area contributed by atoms with Gasteiger partial charge in [-0.05, 0) is 12.1 Å². The van der Waals surface area contributed by atoms with Gasteiger partial charge in [0.1, 0.15) is 15.8 Å². The Kier molecular flexibility index (Phi) is 4.43. The number of benzene rings is 1. The standard InChI is InChI=1S/C10H7ClF3N3OS/c11-9-7(16-17-19-9)4-15-6-2-1-5(12)3-8(6)18-10(13)14/h1-3,10,15H,4H2. The number of anilines is 1. The van der Waals surface area contributed by atoms with Gasteiger partial charge in [0.25, 0.3) is 0 Å². The van der Waals surface area contributed by atoms with Crippen LogP contribution in [0.1, 0.15) is 5.69 Å². The van der Waals surface area contributed by atoms with Gasteiger partial charge in [-0.15, -0.1) is 5.10 Å². The van der Waals surface area contributed by atoms with Gasteiger partial charge in [-0.2, -0.15) is 8.78 Å². The van der Waals surface area contributed by atoms with Crippen molar-refractivity contribution in [3.63, 3.8) is 0 Å². The summed E-state index contributed by atoms with van der Waals surface area (Å²) in [4.78, 5) is 0. The molecule has 0 saturated carbocycles. The maximum absolute atomic E-state index is 13.0. The second-order valence-corrected chi connectivity index (χ2v) is 4.72. The van der Waals surface area contributed by atoms with Gasteiger partial charge in [0, 0.05) is 17.6 Å². The Hall–Kier alpha value is -1.54. The first-order valence-electron chi connectivity index (χ1n) is 5.01. The van der Waals surface area contributed by atoms with Crippen molar-refractivity contribution >= 4 is 28.8 Å². The average Bonchev–Trinajstić information content (AvgIpc) is 2.73. The lowest BCUT2D eigenvalue weighted by Crippen LogP contribution is -2.07. The number of ether oxygens (including phenoxy) is 1. The van der Waals surface area contributed by atoms with Crippen molar-refractivity contribution in [2.45, 2.75) is 13.2 Å². The van der Waals surface area contributed by atoms with E-state index in [4.69, 9.17) is 11.6 Å². The fourth-order valence-electron chi connectivity index (χ4n) is 1.32. The lowest BCUT2D eigenvalue weighted by Gasteiger charge is -2.12. The van der Waals surface area contributed by atoms with Crippen molar-refractivity contribution in [1.29, 1.82) is 0 Å². The molecule has 0 aliphatic rings. The molecule has 9 heteroatoms. The number of alkyl halides is 2. The van der Waals surface area contributed by atoms with Gasteiger partial charge in [-0.3, -0.25) is 0 Å². The molecular weight excluding hydrogens is 303 g/mol. The second kappa shape index (κ2) is 6.07. The maximum atomic E-state index is 13.0. The van der Waals surface area contributed by atoms with Crippen LogP contribution >= 0.6 is 23.1 Å².